The molecule has 1 unspecified atom stereocenters. The van der Waals surface area contributed by atoms with Crippen LogP contribution in [0.1, 0.15) is 6.92 Å². The van der Waals surface area contributed by atoms with Crippen LogP contribution in [0.5, 0.6) is 0 Å². The van der Waals surface area contributed by atoms with Crippen LogP contribution in [0.4, 0.5) is 13.2 Å². The van der Waals surface area contributed by atoms with Crippen molar-refractivity contribution in [1.82, 2.24) is 0 Å². The minimum absolute atomic E-state index is 0. The minimum atomic E-state index is -4.32. The third kappa shape index (κ3) is 13.3. The summed E-state index contributed by atoms with van der Waals surface area (Å²) in [4.78, 5) is 0. The fourth-order valence-corrected chi connectivity index (χ4v) is 0.341. The van der Waals surface area contributed by atoms with E-state index in [4.69, 9.17) is 0 Å². The first-order valence-corrected chi connectivity index (χ1v) is 2.72. The third-order valence-corrected chi connectivity index (χ3v) is 0.618. The number of halogens is 3. The van der Waals surface area contributed by atoms with Gasteiger partial charge in [-0.2, -0.15) is 13.2 Å². The maximum atomic E-state index is 11.3. The molecule has 6 heteroatoms. The summed E-state index contributed by atoms with van der Waals surface area (Å²) >= 11 is 0. The number of ether oxygens (including phenoxy) is 1. The Morgan fingerprint density at radius 2 is 1.91 bits per heavy atom. The van der Waals surface area contributed by atoms with Gasteiger partial charge in [0, 0.05) is 6.61 Å². The molecule has 2 nitrogen and oxygen atoms in total. The molecule has 0 aliphatic carbocycles. The Morgan fingerprint density at radius 3 is 2.18 bits per heavy atom. The van der Waals surface area contributed by atoms with Gasteiger partial charge in [0.25, 0.3) is 0 Å². The number of hydrogen-bond acceptors (Lipinski definition) is 2. The Bertz CT molecular complexity index is 94.2. The zero-order chi connectivity index (χ0) is 8.20. The van der Waals surface area contributed by atoms with E-state index in [0.717, 1.165) is 0 Å². The topological polar surface area (TPSA) is 32.3 Å². The predicted molar refractivity (Wildman–Crippen MR) is 26.3 cm³/mol. The smallest absolute Gasteiger partial charge is 0.851 e. The first-order chi connectivity index (χ1) is 4.42. The van der Waals surface area contributed by atoms with E-state index < -0.39 is 18.9 Å². The molecule has 0 rings (SSSR count). The Labute approximate surface area is 74.9 Å². The summed E-state index contributed by atoms with van der Waals surface area (Å²) in [5.74, 6) is 0. The largest absolute Gasteiger partial charge is 1.00 e. The van der Waals surface area contributed by atoms with E-state index in [0.29, 0.717) is 0 Å². The standard InChI is InChI=1S/C5H8F3O2.Li/c1-4(9)2-10-3-5(6,7)8;/h4H,2-3H2,1H3;/q-1;+1. The van der Waals surface area contributed by atoms with Gasteiger partial charge in [0.2, 0.25) is 0 Å². The van der Waals surface area contributed by atoms with Crippen LogP contribution in [0, 0.1) is 0 Å². The van der Waals surface area contributed by atoms with Crippen LogP contribution in [0.25, 0.3) is 0 Å². The second-order valence-corrected chi connectivity index (χ2v) is 1.94. The molecular formula is C5H8F3LiO2. The van der Waals surface area contributed by atoms with Crippen molar-refractivity contribution >= 4 is 0 Å². The first-order valence-electron chi connectivity index (χ1n) is 2.72. The van der Waals surface area contributed by atoms with E-state index >= 15 is 0 Å². The molecule has 0 aromatic carbocycles. The summed E-state index contributed by atoms with van der Waals surface area (Å²) in [7, 11) is 0. The molecule has 0 N–H and O–H groups in total. The zero-order valence-corrected chi connectivity index (χ0v) is 6.44. The van der Waals surface area contributed by atoms with Gasteiger partial charge in [-0.3, -0.25) is 0 Å². The molecule has 1 atom stereocenters. The molecule has 0 aromatic heterocycles. The number of rotatable bonds is 3. The van der Waals surface area contributed by atoms with Gasteiger partial charge in [0.15, 0.2) is 0 Å². The molecule has 0 bridgehead atoms. The molecule has 0 amide bonds. The molecule has 62 valence electrons. The zero-order valence-electron chi connectivity index (χ0n) is 6.44. The summed E-state index contributed by atoms with van der Waals surface area (Å²) < 4.78 is 37.9. The van der Waals surface area contributed by atoms with Gasteiger partial charge in [-0.05, 0) is 0 Å². The van der Waals surface area contributed by atoms with Crippen LogP contribution in [0.2, 0.25) is 0 Å². The van der Waals surface area contributed by atoms with Crippen molar-refractivity contribution in [2.75, 3.05) is 13.2 Å². The molecule has 11 heavy (non-hydrogen) atoms. The molecule has 0 aliphatic rings. The minimum Gasteiger partial charge on any atom is -0.851 e. The molecule has 0 saturated heterocycles. The van der Waals surface area contributed by atoms with E-state index in [1.807, 2.05) is 0 Å². The van der Waals surface area contributed by atoms with Crippen LogP contribution in [0.3, 0.4) is 0 Å². The van der Waals surface area contributed by atoms with Crippen LogP contribution in [-0.4, -0.2) is 25.5 Å². The average molecular weight is 164 g/mol. The van der Waals surface area contributed by atoms with E-state index in [-0.39, 0.29) is 25.5 Å². The average Bonchev–Trinajstić information content (AvgIpc) is 1.59. The fraction of sp³-hybridized carbons (Fsp3) is 1.00. The van der Waals surface area contributed by atoms with E-state index in [1.165, 1.54) is 6.92 Å². The van der Waals surface area contributed by atoms with Crippen LogP contribution >= 0.6 is 0 Å². The fourth-order valence-electron chi connectivity index (χ4n) is 0.341. The van der Waals surface area contributed by atoms with Gasteiger partial charge in [-0.1, -0.05) is 6.92 Å². The molecule has 0 fully saturated rings. The summed E-state index contributed by atoms with van der Waals surface area (Å²) in [6.45, 7) is -0.477. The summed E-state index contributed by atoms with van der Waals surface area (Å²) in [6, 6.07) is 0. The number of hydrogen-bond donors (Lipinski definition) is 0. The second-order valence-electron chi connectivity index (χ2n) is 1.94. The third-order valence-electron chi connectivity index (χ3n) is 0.618. The van der Waals surface area contributed by atoms with Gasteiger partial charge in [0.1, 0.15) is 6.61 Å². The van der Waals surface area contributed by atoms with Crippen molar-refractivity contribution in [3.05, 3.63) is 0 Å². The Balaban J connectivity index is 0. The maximum absolute atomic E-state index is 11.3. The van der Waals surface area contributed by atoms with Gasteiger partial charge in [0.05, 0.1) is 0 Å². The quantitative estimate of drug-likeness (QED) is 0.426. The Hall–Kier alpha value is 0.307. The van der Waals surface area contributed by atoms with Crippen LogP contribution < -0.4 is 24.0 Å². The Kier molecular flexibility index (Phi) is 7.43. The van der Waals surface area contributed by atoms with E-state index in [2.05, 4.69) is 4.74 Å². The van der Waals surface area contributed by atoms with Crippen molar-refractivity contribution in [2.24, 2.45) is 0 Å². The van der Waals surface area contributed by atoms with Crippen molar-refractivity contribution in [2.45, 2.75) is 19.2 Å². The molecule has 0 heterocycles. The summed E-state index contributed by atoms with van der Waals surface area (Å²) in [6.07, 6.45) is -5.42. The van der Waals surface area contributed by atoms with E-state index in [1.54, 1.807) is 0 Å². The second kappa shape index (κ2) is 5.89. The van der Waals surface area contributed by atoms with Crippen molar-refractivity contribution < 1.29 is 41.9 Å². The van der Waals surface area contributed by atoms with E-state index in [9.17, 15) is 18.3 Å². The van der Waals surface area contributed by atoms with Gasteiger partial charge >= 0.3 is 25.0 Å². The first kappa shape index (κ1) is 13.9. The molecular weight excluding hydrogens is 156 g/mol. The molecule has 0 radical (unpaired) electrons. The van der Waals surface area contributed by atoms with Crippen LogP contribution in [-0.2, 0) is 4.74 Å². The summed E-state index contributed by atoms with van der Waals surface area (Å²) in [5, 5.41) is 10.1. The van der Waals surface area contributed by atoms with Gasteiger partial charge < -0.3 is 9.84 Å². The van der Waals surface area contributed by atoms with Crippen molar-refractivity contribution in [3.8, 4) is 0 Å². The predicted octanol–water partition coefficient (Wildman–Crippen LogP) is -2.68. The number of alkyl halides is 3. The van der Waals surface area contributed by atoms with Crippen LogP contribution in [0.15, 0.2) is 0 Å². The van der Waals surface area contributed by atoms with Crippen molar-refractivity contribution in [1.29, 1.82) is 0 Å². The SMILES string of the molecule is CC([O-])COCC(F)(F)F.[Li+]. The molecule has 0 aromatic rings. The van der Waals surface area contributed by atoms with Crippen molar-refractivity contribution in [3.63, 3.8) is 0 Å². The normalized spacial score (nSPS) is 13.9. The summed E-state index contributed by atoms with van der Waals surface area (Å²) in [5.41, 5.74) is 0. The van der Waals surface area contributed by atoms with Gasteiger partial charge in [-0.25, -0.2) is 0 Å². The molecule has 0 saturated carbocycles. The monoisotopic (exact) mass is 164 g/mol. The maximum Gasteiger partial charge on any atom is 1.00 e. The van der Waals surface area contributed by atoms with Gasteiger partial charge in [-0.15, -0.1) is 6.10 Å². The Morgan fingerprint density at radius 1 is 1.45 bits per heavy atom. The molecule has 0 aliphatic heterocycles. The molecule has 0 spiro atoms.